The van der Waals surface area contributed by atoms with E-state index in [1.54, 1.807) is 38.3 Å². The smallest absolute Gasteiger partial charge is 0.346 e. The van der Waals surface area contributed by atoms with Crippen LogP contribution in [0.2, 0.25) is 0 Å². The number of benzene rings is 1. The second-order valence-electron chi connectivity index (χ2n) is 4.61. The Hall–Kier alpha value is -2.48. The number of carbonyl (C=O) groups excluding carboxylic acids is 1. The van der Waals surface area contributed by atoms with Crippen molar-refractivity contribution in [3.63, 3.8) is 0 Å². The maximum absolute atomic E-state index is 12.0. The van der Waals surface area contributed by atoms with E-state index in [4.69, 9.17) is 9.47 Å². The van der Waals surface area contributed by atoms with Crippen molar-refractivity contribution in [1.29, 1.82) is 0 Å². The molecule has 0 radical (unpaired) electrons. The van der Waals surface area contributed by atoms with Crippen molar-refractivity contribution in [3.8, 4) is 11.5 Å². The fraction of sp³-hybridized carbons (Fsp3) is 0.267. The van der Waals surface area contributed by atoms with Crippen molar-refractivity contribution in [2.45, 2.75) is 11.9 Å². The van der Waals surface area contributed by atoms with Crippen molar-refractivity contribution < 1.29 is 14.3 Å². The summed E-state index contributed by atoms with van der Waals surface area (Å²) in [7, 11) is 3.07. The summed E-state index contributed by atoms with van der Waals surface area (Å²) in [4.78, 5) is 29.6. The van der Waals surface area contributed by atoms with Crippen LogP contribution in [-0.4, -0.2) is 35.8 Å². The van der Waals surface area contributed by atoms with Gasteiger partial charge in [-0.05, 0) is 25.1 Å². The summed E-state index contributed by atoms with van der Waals surface area (Å²) < 4.78 is 10.3. The maximum Gasteiger partial charge on any atom is 0.346 e. The Kier molecular flexibility index (Phi) is 5.64. The number of methoxy groups -OCH3 is 2. The average Bonchev–Trinajstić information content (AvgIpc) is 2.52. The standard InChI is InChI=1S/C15H17N3O4S/c1-9-6-14(18-15(20)16-9)23-8-13(19)17-10-4-5-11(21-2)12(7-10)22-3/h4-7H,8H2,1-3H3,(H,17,19)(H,16,18,20). The molecule has 0 unspecified atom stereocenters. The number of rotatable bonds is 6. The topological polar surface area (TPSA) is 93.3 Å². The predicted molar refractivity (Wildman–Crippen MR) is 88.5 cm³/mol. The number of nitrogens with zero attached hydrogens (tertiary/aromatic N) is 1. The van der Waals surface area contributed by atoms with Crippen LogP contribution < -0.4 is 20.5 Å². The zero-order valence-electron chi connectivity index (χ0n) is 13.0. The lowest BCUT2D eigenvalue weighted by atomic mass is 10.2. The van der Waals surface area contributed by atoms with Crippen LogP contribution in [0.15, 0.2) is 34.1 Å². The number of aromatic nitrogens is 2. The predicted octanol–water partition coefficient (Wildman–Crippen LogP) is 1.83. The molecule has 0 saturated heterocycles. The monoisotopic (exact) mass is 335 g/mol. The molecule has 1 aromatic carbocycles. The fourth-order valence-corrected chi connectivity index (χ4v) is 2.63. The Balaban J connectivity index is 1.98. The molecule has 0 bridgehead atoms. The lowest BCUT2D eigenvalue weighted by molar-refractivity contribution is -0.113. The van der Waals surface area contributed by atoms with Crippen LogP contribution in [0.25, 0.3) is 0 Å². The average molecular weight is 335 g/mol. The van der Waals surface area contributed by atoms with Gasteiger partial charge in [0.1, 0.15) is 5.03 Å². The van der Waals surface area contributed by atoms with Crippen LogP contribution in [0.1, 0.15) is 5.69 Å². The van der Waals surface area contributed by atoms with Crippen LogP contribution in [0.4, 0.5) is 5.69 Å². The van der Waals surface area contributed by atoms with Gasteiger partial charge in [-0.1, -0.05) is 11.8 Å². The first-order valence-electron chi connectivity index (χ1n) is 6.74. The van der Waals surface area contributed by atoms with Crippen molar-refractivity contribution in [2.24, 2.45) is 0 Å². The highest BCUT2D eigenvalue weighted by molar-refractivity contribution is 7.99. The Labute approximate surface area is 137 Å². The van der Waals surface area contributed by atoms with Crippen LogP contribution in [0.3, 0.4) is 0 Å². The highest BCUT2D eigenvalue weighted by atomic mass is 32.2. The summed E-state index contributed by atoms with van der Waals surface area (Å²) in [6.07, 6.45) is 0. The minimum Gasteiger partial charge on any atom is -0.493 e. The number of ether oxygens (including phenoxy) is 2. The van der Waals surface area contributed by atoms with Gasteiger partial charge in [-0.3, -0.25) is 4.79 Å². The molecule has 0 saturated carbocycles. The van der Waals surface area contributed by atoms with Gasteiger partial charge in [-0.25, -0.2) is 4.79 Å². The lowest BCUT2D eigenvalue weighted by Crippen LogP contribution is -2.16. The minimum atomic E-state index is -0.423. The summed E-state index contributed by atoms with van der Waals surface area (Å²) in [6, 6.07) is 6.83. The van der Waals surface area contributed by atoms with Gasteiger partial charge in [0.25, 0.3) is 0 Å². The van der Waals surface area contributed by atoms with E-state index < -0.39 is 5.69 Å². The lowest BCUT2D eigenvalue weighted by Gasteiger charge is -2.10. The van der Waals surface area contributed by atoms with Gasteiger partial charge in [0.2, 0.25) is 5.91 Å². The van der Waals surface area contributed by atoms with Crippen molar-refractivity contribution >= 4 is 23.4 Å². The maximum atomic E-state index is 12.0. The highest BCUT2D eigenvalue weighted by Crippen LogP contribution is 2.29. The molecule has 8 heteroatoms. The second-order valence-corrected chi connectivity index (χ2v) is 5.61. The van der Waals surface area contributed by atoms with E-state index in [-0.39, 0.29) is 11.7 Å². The third kappa shape index (κ3) is 4.75. The molecule has 1 aromatic heterocycles. The molecule has 2 aromatic rings. The van der Waals surface area contributed by atoms with Crippen LogP contribution in [0, 0.1) is 6.92 Å². The third-order valence-corrected chi connectivity index (χ3v) is 3.79. The Morgan fingerprint density at radius 3 is 2.65 bits per heavy atom. The molecule has 0 aliphatic heterocycles. The molecule has 2 rings (SSSR count). The van der Waals surface area contributed by atoms with E-state index in [9.17, 15) is 9.59 Å². The zero-order valence-corrected chi connectivity index (χ0v) is 13.8. The van der Waals surface area contributed by atoms with Crippen molar-refractivity contribution in [1.82, 2.24) is 9.97 Å². The van der Waals surface area contributed by atoms with Gasteiger partial charge < -0.3 is 19.8 Å². The van der Waals surface area contributed by atoms with Crippen LogP contribution in [-0.2, 0) is 4.79 Å². The van der Waals surface area contributed by atoms with Crippen LogP contribution >= 0.6 is 11.8 Å². The van der Waals surface area contributed by atoms with E-state index in [0.29, 0.717) is 27.9 Å². The Morgan fingerprint density at radius 1 is 1.26 bits per heavy atom. The highest BCUT2D eigenvalue weighted by Gasteiger charge is 2.09. The number of carbonyl (C=O) groups is 1. The molecule has 0 aliphatic carbocycles. The summed E-state index contributed by atoms with van der Waals surface area (Å²) in [6.45, 7) is 1.76. The van der Waals surface area contributed by atoms with E-state index in [0.717, 1.165) is 0 Å². The quantitative estimate of drug-likeness (QED) is 0.618. The van der Waals surface area contributed by atoms with Gasteiger partial charge in [0, 0.05) is 17.4 Å². The molecule has 0 fully saturated rings. The molecule has 7 nitrogen and oxygen atoms in total. The molecular formula is C15H17N3O4S. The first-order chi connectivity index (χ1) is 11.0. The molecule has 0 atom stereocenters. The molecule has 23 heavy (non-hydrogen) atoms. The van der Waals surface area contributed by atoms with Gasteiger partial charge in [-0.2, -0.15) is 4.98 Å². The number of anilines is 1. The Bertz CT molecular complexity index is 761. The number of amides is 1. The first kappa shape index (κ1) is 16.9. The van der Waals surface area contributed by atoms with E-state index in [1.807, 2.05) is 0 Å². The molecular weight excluding hydrogens is 318 g/mol. The van der Waals surface area contributed by atoms with Crippen molar-refractivity contribution in [3.05, 3.63) is 40.4 Å². The number of hydrogen-bond acceptors (Lipinski definition) is 6. The van der Waals surface area contributed by atoms with Gasteiger partial charge in [-0.15, -0.1) is 0 Å². The van der Waals surface area contributed by atoms with E-state index in [2.05, 4.69) is 15.3 Å². The molecule has 122 valence electrons. The number of H-pyrrole nitrogens is 1. The number of hydrogen-bond donors (Lipinski definition) is 2. The molecule has 1 amide bonds. The second kappa shape index (κ2) is 7.68. The van der Waals surface area contributed by atoms with E-state index >= 15 is 0 Å². The summed E-state index contributed by atoms with van der Waals surface area (Å²) in [5, 5.41) is 3.27. The summed E-state index contributed by atoms with van der Waals surface area (Å²) >= 11 is 1.19. The third-order valence-electron chi connectivity index (χ3n) is 2.87. The van der Waals surface area contributed by atoms with Gasteiger partial charge >= 0.3 is 5.69 Å². The number of nitrogens with one attached hydrogen (secondary N) is 2. The van der Waals surface area contributed by atoms with Gasteiger partial charge in [0.05, 0.1) is 20.0 Å². The summed E-state index contributed by atoms with van der Waals surface area (Å²) in [5.74, 6) is 1.05. The summed E-state index contributed by atoms with van der Waals surface area (Å²) in [5.41, 5.74) is 0.879. The zero-order chi connectivity index (χ0) is 16.8. The first-order valence-corrected chi connectivity index (χ1v) is 7.73. The number of thioether (sulfide) groups is 1. The van der Waals surface area contributed by atoms with E-state index in [1.165, 1.54) is 18.9 Å². The number of aromatic amines is 1. The van der Waals surface area contributed by atoms with Crippen LogP contribution in [0.5, 0.6) is 11.5 Å². The van der Waals surface area contributed by atoms with Gasteiger partial charge in [0.15, 0.2) is 11.5 Å². The Morgan fingerprint density at radius 2 is 2.00 bits per heavy atom. The normalized spacial score (nSPS) is 10.2. The largest absolute Gasteiger partial charge is 0.493 e. The molecule has 1 heterocycles. The minimum absolute atomic E-state index is 0.143. The molecule has 0 spiro atoms. The SMILES string of the molecule is COc1ccc(NC(=O)CSc2cc(C)[nH]c(=O)n2)cc1OC. The molecule has 0 aliphatic rings. The van der Waals surface area contributed by atoms with Crippen molar-refractivity contribution in [2.75, 3.05) is 25.3 Å². The fourth-order valence-electron chi connectivity index (χ4n) is 1.87. The molecule has 2 N–H and O–H groups in total. The number of aryl methyl sites for hydroxylation is 1.